The lowest BCUT2D eigenvalue weighted by molar-refractivity contribution is -0.118. The zero-order valence-corrected chi connectivity index (χ0v) is 11.3. The molecule has 0 heterocycles. The van der Waals surface area contributed by atoms with E-state index < -0.39 is 12.0 Å². The van der Waals surface area contributed by atoms with Crippen LogP contribution in [0.15, 0.2) is 54.6 Å². The van der Waals surface area contributed by atoms with E-state index in [1.54, 1.807) is 42.5 Å². The van der Waals surface area contributed by atoms with Crippen molar-refractivity contribution in [2.75, 3.05) is 5.32 Å². The Labute approximate surface area is 122 Å². The highest BCUT2D eigenvalue weighted by atomic mass is 16.3. The van der Waals surface area contributed by atoms with Crippen LogP contribution in [0, 0.1) is 0 Å². The molecule has 21 heavy (non-hydrogen) atoms. The lowest BCUT2D eigenvalue weighted by Crippen LogP contribution is -2.19. The molecule has 2 aromatic rings. The monoisotopic (exact) mass is 284 g/mol. The Bertz CT molecular complexity index is 641. The van der Waals surface area contributed by atoms with E-state index in [1.807, 2.05) is 6.07 Å². The molecule has 4 N–H and O–H groups in total. The van der Waals surface area contributed by atoms with Gasteiger partial charge in [0.15, 0.2) is 0 Å². The van der Waals surface area contributed by atoms with Gasteiger partial charge in [0.1, 0.15) is 0 Å². The van der Waals surface area contributed by atoms with Gasteiger partial charge in [-0.1, -0.05) is 42.5 Å². The first-order valence-corrected chi connectivity index (χ1v) is 6.49. The number of rotatable bonds is 5. The molecule has 1 unspecified atom stereocenters. The first kappa shape index (κ1) is 14.7. The normalized spacial score (nSPS) is 11.7. The summed E-state index contributed by atoms with van der Waals surface area (Å²) in [6.45, 7) is 0. The number of hydrogen-bond donors (Lipinski definition) is 3. The quantitative estimate of drug-likeness (QED) is 0.782. The maximum atomic E-state index is 11.9. The fourth-order valence-electron chi connectivity index (χ4n) is 1.98. The van der Waals surface area contributed by atoms with E-state index in [0.717, 1.165) is 0 Å². The van der Waals surface area contributed by atoms with Gasteiger partial charge in [-0.2, -0.15) is 0 Å². The van der Waals surface area contributed by atoms with Gasteiger partial charge in [-0.15, -0.1) is 0 Å². The summed E-state index contributed by atoms with van der Waals surface area (Å²) < 4.78 is 0. The maximum absolute atomic E-state index is 11.9. The van der Waals surface area contributed by atoms with Crippen molar-refractivity contribution >= 4 is 17.5 Å². The van der Waals surface area contributed by atoms with Crippen molar-refractivity contribution in [1.82, 2.24) is 0 Å². The van der Waals surface area contributed by atoms with Crippen LogP contribution in [0.5, 0.6) is 0 Å². The third-order valence-electron chi connectivity index (χ3n) is 3.03. The number of carbonyl (C=O) groups is 2. The van der Waals surface area contributed by atoms with Gasteiger partial charge in [0, 0.05) is 0 Å². The predicted octanol–water partition coefficient (Wildman–Crippen LogP) is 1.85. The molecule has 0 saturated carbocycles. The molecule has 0 spiro atoms. The molecule has 5 heteroatoms. The van der Waals surface area contributed by atoms with Crippen molar-refractivity contribution in [2.24, 2.45) is 5.73 Å². The fourth-order valence-corrected chi connectivity index (χ4v) is 1.98. The molecule has 2 rings (SSSR count). The van der Waals surface area contributed by atoms with Crippen molar-refractivity contribution < 1.29 is 14.7 Å². The first-order valence-electron chi connectivity index (χ1n) is 6.49. The van der Waals surface area contributed by atoms with Crippen LogP contribution in [0.25, 0.3) is 0 Å². The number of hydrogen-bond acceptors (Lipinski definition) is 3. The number of aliphatic hydroxyl groups excluding tert-OH is 1. The number of primary amides is 1. The van der Waals surface area contributed by atoms with E-state index in [0.29, 0.717) is 11.3 Å². The molecule has 108 valence electrons. The molecule has 2 amide bonds. The fraction of sp³-hybridized carbons (Fsp3) is 0.125. The summed E-state index contributed by atoms with van der Waals surface area (Å²) in [5.74, 6) is -1.01. The molecule has 0 saturated heterocycles. The van der Waals surface area contributed by atoms with E-state index >= 15 is 0 Å². The number of nitrogens with one attached hydrogen (secondary N) is 1. The Morgan fingerprint density at radius 1 is 1.05 bits per heavy atom. The largest absolute Gasteiger partial charge is 0.388 e. The Morgan fingerprint density at radius 2 is 1.67 bits per heavy atom. The zero-order valence-electron chi connectivity index (χ0n) is 11.3. The van der Waals surface area contributed by atoms with Crippen LogP contribution in [-0.4, -0.2) is 16.9 Å². The molecule has 0 aliphatic heterocycles. The van der Waals surface area contributed by atoms with Crippen LogP contribution >= 0.6 is 0 Å². The summed E-state index contributed by atoms with van der Waals surface area (Å²) in [6, 6.07) is 15.4. The van der Waals surface area contributed by atoms with E-state index in [2.05, 4.69) is 5.32 Å². The Balaban J connectivity index is 2.04. The van der Waals surface area contributed by atoms with Crippen LogP contribution in [-0.2, 0) is 4.79 Å². The average molecular weight is 284 g/mol. The number of aliphatic hydroxyl groups is 1. The molecule has 0 radical (unpaired) electrons. The minimum absolute atomic E-state index is 0.100. The number of nitrogens with two attached hydrogens (primary N) is 1. The van der Waals surface area contributed by atoms with Crippen LogP contribution in [0.3, 0.4) is 0 Å². The Morgan fingerprint density at radius 3 is 2.33 bits per heavy atom. The molecule has 5 nitrogen and oxygen atoms in total. The molecule has 0 fully saturated rings. The van der Waals surface area contributed by atoms with Gasteiger partial charge >= 0.3 is 0 Å². The molecule has 0 aliphatic rings. The van der Waals surface area contributed by atoms with Crippen LogP contribution in [0.2, 0.25) is 0 Å². The van der Waals surface area contributed by atoms with Crippen molar-refractivity contribution in [3.63, 3.8) is 0 Å². The molecule has 2 aromatic carbocycles. The summed E-state index contributed by atoms with van der Waals surface area (Å²) in [7, 11) is 0. The standard InChI is InChI=1S/C16H16N2O3/c17-16(21)12-8-4-5-9-13(12)18-15(20)10-14(19)11-6-2-1-3-7-11/h1-9,14,19H,10H2,(H2,17,21)(H,18,20). The third kappa shape index (κ3) is 3.90. The van der Waals surface area contributed by atoms with E-state index in [9.17, 15) is 14.7 Å². The van der Waals surface area contributed by atoms with Gasteiger partial charge in [0.2, 0.25) is 5.91 Å². The summed E-state index contributed by atoms with van der Waals surface area (Å²) in [5.41, 5.74) is 6.48. The number of amides is 2. The second-order valence-corrected chi connectivity index (χ2v) is 4.59. The molecular formula is C16H16N2O3. The molecule has 1 atom stereocenters. The Kier molecular flexibility index (Phi) is 4.68. The van der Waals surface area contributed by atoms with Crippen LogP contribution in [0.1, 0.15) is 28.4 Å². The van der Waals surface area contributed by atoms with Gasteiger partial charge in [-0.3, -0.25) is 9.59 Å². The van der Waals surface area contributed by atoms with Crippen molar-refractivity contribution in [3.05, 3.63) is 65.7 Å². The number of carbonyl (C=O) groups excluding carboxylic acids is 2. The lowest BCUT2D eigenvalue weighted by atomic mass is 10.1. The molecular weight excluding hydrogens is 268 g/mol. The van der Waals surface area contributed by atoms with Gasteiger partial charge < -0.3 is 16.2 Å². The van der Waals surface area contributed by atoms with Crippen molar-refractivity contribution in [2.45, 2.75) is 12.5 Å². The summed E-state index contributed by atoms with van der Waals surface area (Å²) >= 11 is 0. The van der Waals surface area contributed by atoms with Gasteiger partial charge in [0.25, 0.3) is 5.91 Å². The third-order valence-corrected chi connectivity index (χ3v) is 3.03. The highest BCUT2D eigenvalue weighted by Gasteiger charge is 2.15. The second kappa shape index (κ2) is 6.67. The molecule has 0 aliphatic carbocycles. The Hall–Kier alpha value is -2.66. The van der Waals surface area contributed by atoms with E-state index in [4.69, 9.17) is 5.73 Å². The minimum Gasteiger partial charge on any atom is -0.388 e. The molecule has 0 aromatic heterocycles. The highest BCUT2D eigenvalue weighted by molar-refractivity contribution is 6.03. The molecule has 0 bridgehead atoms. The maximum Gasteiger partial charge on any atom is 0.250 e. The zero-order chi connectivity index (χ0) is 15.2. The van der Waals surface area contributed by atoms with Crippen LogP contribution in [0.4, 0.5) is 5.69 Å². The predicted molar refractivity (Wildman–Crippen MR) is 79.6 cm³/mol. The van der Waals surface area contributed by atoms with E-state index in [-0.39, 0.29) is 17.9 Å². The SMILES string of the molecule is NC(=O)c1ccccc1NC(=O)CC(O)c1ccccc1. The summed E-state index contributed by atoms with van der Waals surface area (Å²) in [6.07, 6.45) is -0.996. The number of anilines is 1. The average Bonchev–Trinajstić information content (AvgIpc) is 2.48. The first-order chi connectivity index (χ1) is 10.1. The van der Waals surface area contributed by atoms with Crippen molar-refractivity contribution in [3.8, 4) is 0 Å². The lowest BCUT2D eigenvalue weighted by Gasteiger charge is -2.12. The topological polar surface area (TPSA) is 92.4 Å². The summed E-state index contributed by atoms with van der Waals surface area (Å²) in [4.78, 5) is 23.2. The van der Waals surface area contributed by atoms with Crippen molar-refractivity contribution in [1.29, 1.82) is 0 Å². The number of benzene rings is 2. The van der Waals surface area contributed by atoms with Gasteiger partial charge in [-0.05, 0) is 17.7 Å². The van der Waals surface area contributed by atoms with Gasteiger partial charge in [0.05, 0.1) is 23.8 Å². The summed E-state index contributed by atoms with van der Waals surface area (Å²) in [5, 5.41) is 12.6. The van der Waals surface area contributed by atoms with Crippen LogP contribution < -0.4 is 11.1 Å². The van der Waals surface area contributed by atoms with E-state index in [1.165, 1.54) is 6.07 Å². The number of para-hydroxylation sites is 1. The van der Waals surface area contributed by atoms with Gasteiger partial charge in [-0.25, -0.2) is 0 Å². The minimum atomic E-state index is -0.896. The smallest absolute Gasteiger partial charge is 0.250 e. The highest BCUT2D eigenvalue weighted by Crippen LogP contribution is 2.19. The second-order valence-electron chi connectivity index (χ2n) is 4.59.